The summed E-state index contributed by atoms with van der Waals surface area (Å²) >= 11 is 4.57. The van der Waals surface area contributed by atoms with Crippen LogP contribution < -0.4 is 11.1 Å². The first-order chi connectivity index (χ1) is 7.15. The molecule has 0 bridgehead atoms. The second-order valence-electron chi connectivity index (χ2n) is 2.86. The van der Waals surface area contributed by atoms with Gasteiger partial charge in [-0.25, -0.2) is 9.97 Å². The number of aryl methyl sites for hydroxylation is 1. The van der Waals surface area contributed by atoms with Crippen LogP contribution in [0.2, 0.25) is 0 Å². The molecule has 7 heteroatoms. The molecule has 0 amide bonds. The van der Waals surface area contributed by atoms with Gasteiger partial charge in [-0.05, 0) is 28.9 Å². The summed E-state index contributed by atoms with van der Waals surface area (Å²) in [5, 5.41) is 3.70. The van der Waals surface area contributed by atoms with Crippen LogP contribution in [-0.2, 0) is 0 Å². The summed E-state index contributed by atoms with van der Waals surface area (Å²) in [4.78, 5) is 8.30. The molecule has 78 valence electrons. The van der Waals surface area contributed by atoms with Crippen LogP contribution in [-0.4, -0.2) is 14.3 Å². The van der Waals surface area contributed by atoms with Crippen molar-refractivity contribution in [1.82, 2.24) is 14.3 Å². The van der Waals surface area contributed by atoms with Crippen molar-refractivity contribution < 1.29 is 0 Å². The zero-order chi connectivity index (χ0) is 10.8. The first kappa shape index (κ1) is 10.3. The molecule has 0 saturated heterocycles. The molecule has 0 aliphatic rings. The van der Waals surface area contributed by atoms with E-state index >= 15 is 0 Å². The normalized spacial score (nSPS) is 10.3. The third-order valence-corrected chi connectivity index (χ3v) is 2.79. The molecule has 3 N–H and O–H groups in total. The van der Waals surface area contributed by atoms with Crippen LogP contribution in [0.25, 0.3) is 0 Å². The van der Waals surface area contributed by atoms with Crippen molar-refractivity contribution in [2.75, 3.05) is 11.1 Å². The molecule has 0 fully saturated rings. The molecule has 2 heterocycles. The fourth-order valence-corrected chi connectivity index (χ4v) is 1.93. The summed E-state index contributed by atoms with van der Waals surface area (Å²) in [5.41, 5.74) is 6.34. The smallest absolute Gasteiger partial charge is 0.208 e. The molecular formula is C8H8BrN5S. The second-order valence-corrected chi connectivity index (χ2v) is 4.53. The van der Waals surface area contributed by atoms with E-state index in [1.165, 1.54) is 11.5 Å². The summed E-state index contributed by atoms with van der Waals surface area (Å²) in [5.74, 6) is 1.33. The molecular weight excluding hydrogens is 278 g/mol. The standard InChI is InChI=1S/C8H8BrN5S/c1-4-12-8(15-14-4)13-7-6(10)2-5(9)3-11-7/h2-3H,10H2,1H3,(H,11,12,13,14). The Hall–Kier alpha value is -1.21. The number of anilines is 3. The summed E-state index contributed by atoms with van der Waals surface area (Å²) in [6, 6.07) is 1.78. The lowest BCUT2D eigenvalue weighted by Crippen LogP contribution is -1.98. The third-order valence-electron chi connectivity index (χ3n) is 1.64. The summed E-state index contributed by atoms with van der Waals surface area (Å²) in [6.45, 7) is 1.83. The Morgan fingerprint density at radius 3 is 2.93 bits per heavy atom. The van der Waals surface area contributed by atoms with Gasteiger partial charge in [-0.15, -0.1) is 0 Å². The summed E-state index contributed by atoms with van der Waals surface area (Å²) < 4.78 is 4.90. The monoisotopic (exact) mass is 285 g/mol. The highest BCUT2D eigenvalue weighted by molar-refractivity contribution is 9.10. The van der Waals surface area contributed by atoms with Gasteiger partial charge in [-0.3, -0.25) is 0 Å². The van der Waals surface area contributed by atoms with Crippen molar-refractivity contribution in [3.63, 3.8) is 0 Å². The third kappa shape index (κ3) is 2.42. The average Bonchev–Trinajstić information content (AvgIpc) is 2.56. The molecule has 0 aliphatic heterocycles. The number of hydrogen-bond acceptors (Lipinski definition) is 6. The van der Waals surface area contributed by atoms with Crippen molar-refractivity contribution in [2.45, 2.75) is 6.92 Å². The number of halogens is 1. The maximum absolute atomic E-state index is 5.78. The second kappa shape index (κ2) is 4.11. The molecule has 2 rings (SSSR count). The predicted molar refractivity (Wildman–Crippen MR) is 64.3 cm³/mol. The van der Waals surface area contributed by atoms with E-state index in [2.05, 4.69) is 35.6 Å². The molecule has 0 aliphatic carbocycles. The van der Waals surface area contributed by atoms with Gasteiger partial charge < -0.3 is 11.1 Å². The van der Waals surface area contributed by atoms with Crippen LogP contribution >= 0.6 is 27.5 Å². The predicted octanol–water partition coefficient (Wildman–Crippen LogP) is 2.33. The minimum Gasteiger partial charge on any atom is -0.396 e. The number of aromatic nitrogens is 3. The molecule has 5 nitrogen and oxygen atoms in total. The van der Waals surface area contributed by atoms with Gasteiger partial charge in [0.15, 0.2) is 5.82 Å². The molecule has 0 spiro atoms. The van der Waals surface area contributed by atoms with Crippen molar-refractivity contribution in [3.8, 4) is 0 Å². The van der Waals surface area contributed by atoms with Crippen LogP contribution in [0.4, 0.5) is 16.6 Å². The number of nitrogens with one attached hydrogen (secondary N) is 1. The Labute approximate surface area is 99.1 Å². The number of nitrogen functional groups attached to an aromatic ring is 1. The Balaban J connectivity index is 2.24. The zero-order valence-electron chi connectivity index (χ0n) is 7.86. The van der Waals surface area contributed by atoms with E-state index < -0.39 is 0 Å². The highest BCUT2D eigenvalue weighted by Crippen LogP contribution is 2.24. The van der Waals surface area contributed by atoms with E-state index in [-0.39, 0.29) is 0 Å². The summed E-state index contributed by atoms with van der Waals surface area (Å²) in [6.07, 6.45) is 1.67. The lowest BCUT2D eigenvalue weighted by atomic mass is 10.4. The van der Waals surface area contributed by atoms with Crippen LogP contribution in [0.1, 0.15) is 5.82 Å². The number of rotatable bonds is 2. The van der Waals surface area contributed by atoms with Crippen LogP contribution in [0.3, 0.4) is 0 Å². The maximum atomic E-state index is 5.78. The van der Waals surface area contributed by atoms with Gasteiger partial charge in [-0.1, -0.05) is 0 Å². The molecule has 2 aromatic rings. The van der Waals surface area contributed by atoms with Crippen molar-refractivity contribution >= 4 is 44.1 Å². The summed E-state index contributed by atoms with van der Waals surface area (Å²) in [7, 11) is 0. The quantitative estimate of drug-likeness (QED) is 0.886. The van der Waals surface area contributed by atoms with E-state index in [9.17, 15) is 0 Å². The maximum Gasteiger partial charge on any atom is 0.208 e. The van der Waals surface area contributed by atoms with E-state index in [1.807, 2.05) is 6.92 Å². The van der Waals surface area contributed by atoms with Crippen LogP contribution in [0.5, 0.6) is 0 Å². The number of pyridine rings is 1. The van der Waals surface area contributed by atoms with E-state index in [0.29, 0.717) is 16.6 Å². The van der Waals surface area contributed by atoms with E-state index in [4.69, 9.17) is 5.73 Å². The average molecular weight is 286 g/mol. The van der Waals surface area contributed by atoms with Crippen molar-refractivity contribution in [1.29, 1.82) is 0 Å². The van der Waals surface area contributed by atoms with E-state index in [1.54, 1.807) is 12.3 Å². The lowest BCUT2D eigenvalue weighted by Gasteiger charge is -2.04. The molecule has 0 radical (unpaired) electrons. The van der Waals surface area contributed by atoms with Gasteiger partial charge in [0.2, 0.25) is 5.13 Å². The Bertz CT molecular complexity index is 484. The van der Waals surface area contributed by atoms with Crippen molar-refractivity contribution in [2.24, 2.45) is 0 Å². The van der Waals surface area contributed by atoms with Gasteiger partial charge in [0, 0.05) is 22.2 Å². The first-order valence-corrected chi connectivity index (χ1v) is 5.70. The van der Waals surface area contributed by atoms with Crippen molar-refractivity contribution in [3.05, 3.63) is 22.6 Å². The number of hydrogen-bond donors (Lipinski definition) is 2. The van der Waals surface area contributed by atoms with Gasteiger partial charge in [-0.2, -0.15) is 4.37 Å². The molecule has 0 aromatic carbocycles. The molecule has 15 heavy (non-hydrogen) atoms. The fourth-order valence-electron chi connectivity index (χ4n) is 1.01. The fraction of sp³-hybridized carbons (Fsp3) is 0.125. The van der Waals surface area contributed by atoms with Crippen LogP contribution in [0.15, 0.2) is 16.7 Å². The van der Waals surface area contributed by atoms with Gasteiger partial charge in [0.1, 0.15) is 5.82 Å². The highest BCUT2D eigenvalue weighted by atomic mass is 79.9. The number of nitrogens with zero attached hydrogens (tertiary/aromatic N) is 3. The largest absolute Gasteiger partial charge is 0.396 e. The SMILES string of the molecule is Cc1nsc(Nc2ncc(Br)cc2N)n1. The number of nitrogens with two attached hydrogens (primary N) is 1. The zero-order valence-corrected chi connectivity index (χ0v) is 10.3. The lowest BCUT2D eigenvalue weighted by molar-refractivity contribution is 1.16. The minimum atomic E-state index is 0.567. The Morgan fingerprint density at radius 1 is 1.53 bits per heavy atom. The molecule has 0 unspecified atom stereocenters. The van der Waals surface area contributed by atoms with Gasteiger partial charge in [0.25, 0.3) is 0 Å². The highest BCUT2D eigenvalue weighted by Gasteiger charge is 2.05. The minimum absolute atomic E-state index is 0.567. The van der Waals surface area contributed by atoms with Gasteiger partial charge >= 0.3 is 0 Å². The molecule has 0 saturated carbocycles. The van der Waals surface area contributed by atoms with E-state index in [0.717, 1.165) is 10.3 Å². The Kier molecular flexibility index (Phi) is 2.83. The topological polar surface area (TPSA) is 76.7 Å². The Morgan fingerprint density at radius 2 is 2.33 bits per heavy atom. The first-order valence-electron chi connectivity index (χ1n) is 4.13. The van der Waals surface area contributed by atoms with Crippen LogP contribution in [0, 0.1) is 6.92 Å². The van der Waals surface area contributed by atoms with Gasteiger partial charge in [0.05, 0.1) is 5.69 Å². The molecule has 0 atom stereocenters. The molecule has 2 aromatic heterocycles.